The number of carbonyl (C=O) groups is 1. The van der Waals surface area contributed by atoms with Crippen molar-refractivity contribution in [2.75, 3.05) is 39.6 Å². The van der Waals surface area contributed by atoms with Crippen LogP contribution in [0.15, 0.2) is 12.3 Å². The minimum Gasteiger partial charge on any atom is -0.383 e. The van der Waals surface area contributed by atoms with E-state index in [1.807, 2.05) is 24.2 Å². The van der Waals surface area contributed by atoms with Crippen molar-refractivity contribution in [1.82, 2.24) is 19.0 Å². The van der Waals surface area contributed by atoms with Crippen LogP contribution in [0.3, 0.4) is 0 Å². The first-order chi connectivity index (χ1) is 12.2. The first-order valence-electron chi connectivity index (χ1n) is 8.94. The lowest BCUT2D eigenvalue weighted by molar-refractivity contribution is -0.132. The number of aryl methyl sites for hydroxylation is 1. The maximum Gasteiger partial charge on any atom is 0.228 e. The predicted octanol–water partition coefficient (Wildman–Crippen LogP) is 0.252. The molecule has 1 aromatic heterocycles. The van der Waals surface area contributed by atoms with E-state index in [1.165, 1.54) is 6.26 Å². The minimum atomic E-state index is -3.26. The van der Waals surface area contributed by atoms with E-state index >= 15 is 0 Å². The Morgan fingerprint density at radius 2 is 2.08 bits per heavy atom. The van der Waals surface area contributed by atoms with Crippen molar-refractivity contribution in [2.24, 2.45) is 12.5 Å². The lowest BCUT2D eigenvalue weighted by atomic mass is 9.76. The van der Waals surface area contributed by atoms with Crippen LogP contribution in [0.5, 0.6) is 0 Å². The fourth-order valence-corrected chi connectivity index (χ4v) is 5.45. The summed E-state index contributed by atoms with van der Waals surface area (Å²) in [4.78, 5) is 14.4. The van der Waals surface area contributed by atoms with Gasteiger partial charge in [-0.25, -0.2) is 8.42 Å². The fourth-order valence-electron chi connectivity index (χ4n) is 4.27. The zero-order valence-corrected chi connectivity index (χ0v) is 16.5. The van der Waals surface area contributed by atoms with Crippen LogP contribution < -0.4 is 0 Å². The van der Waals surface area contributed by atoms with Gasteiger partial charge >= 0.3 is 0 Å². The molecule has 9 heteroatoms. The summed E-state index contributed by atoms with van der Waals surface area (Å²) in [7, 11) is 0.182. The van der Waals surface area contributed by atoms with Gasteiger partial charge in [0.05, 0.1) is 25.0 Å². The van der Waals surface area contributed by atoms with E-state index in [0.717, 1.165) is 25.0 Å². The van der Waals surface area contributed by atoms with Gasteiger partial charge in [0.15, 0.2) is 0 Å². The number of hydrogen-bond acceptors (Lipinski definition) is 5. The topological polar surface area (TPSA) is 84.7 Å². The maximum absolute atomic E-state index is 12.5. The molecule has 0 saturated carbocycles. The van der Waals surface area contributed by atoms with Crippen LogP contribution in [-0.2, 0) is 33.0 Å². The van der Waals surface area contributed by atoms with Gasteiger partial charge in [0, 0.05) is 46.0 Å². The Labute approximate surface area is 155 Å². The summed E-state index contributed by atoms with van der Waals surface area (Å²) in [6, 6.07) is 1.75. The molecule has 1 amide bonds. The third-order valence-electron chi connectivity index (χ3n) is 5.63. The fraction of sp³-hybridized carbons (Fsp3) is 0.765. The Hall–Kier alpha value is -1.45. The lowest BCUT2D eigenvalue weighted by Crippen LogP contribution is -2.45. The summed E-state index contributed by atoms with van der Waals surface area (Å²) in [5.74, 6) is 0.0879. The number of sulfonamides is 1. The van der Waals surface area contributed by atoms with Crippen molar-refractivity contribution in [1.29, 1.82) is 0 Å². The Bertz CT molecular complexity index is 753. The summed E-state index contributed by atoms with van der Waals surface area (Å²) < 4.78 is 32.8. The highest BCUT2D eigenvalue weighted by Crippen LogP contribution is 2.44. The third kappa shape index (κ3) is 4.10. The molecule has 2 aliphatic rings. The highest BCUT2D eigenvalue weighted by atomic mass is 32.2. The molecule has 0 radical (unpaired) electrons. The Morgan fingerprint density at radius 3 is 2.62 bits per heavy atom. The number of aromatic nitrogens is 2. The van der Waals surface area contributed by atoms with E-state index in [-0.39, 0.29) is 17.4 Å². The summed E-state index contributed by atoms with van der Waals surface area (Å²) in [5.41, 5.74) is 0.732. The molecule has 3 rings (SSSR count). The van der Waals surface area contributed by atoms with Crippen LogP contribution in [0.1, 0.15) is 25.0 Å². The molecular formula is C17H28N4O4S. The summed E-state index contributed by atoms with van der Waals surface area (Å²) >= 11 is 0. The molecule has 1 spiro atoms. The quantitative estimate of drug-likeness (QED) is 0.727. The average Bonchev–Trinajstić information content (AvgIpc) is 3.12. The maximum atomic E-state index is 12.5. The Balaban J connectivity index is 1.61. The molecule has 2 saturated heterocycles. The van der Waals surface area contributed by atoms with Gasteiger partial charge in [-0.2, -0.15) is 9.40 Å². The standard InChI is InChI=1S/C17H28N4O4S/c1-19-7-4-14(18-19)10-16(22)20-8-5-17(6-9-20)11-15(12-25-2)21(13-17)26(3,23)24/h4,7,15H,5-6,8-13H2,1-3H3/t15-/m1/s1. The van der Waals surface area contributed by atoms with Crippen LogP contribution in [0, 0.1) is 5.41 Å². The summed E-state index contributed by atoms with van der Waals surface area (Å²) in [6.45, 7) is 2.28. The molecule has 2 fully saturated rings. The number of methoxy groups -OCH3 is 1. The molecule has 1 aromatic rings. The molecule has 0 bridgehead atoms. The highest BCUT2D eigenvalue weighted by molar-refractivity contribution is 7.88. The summed E-state index contributed by atoms with van der Waals surface area (Å²) in [6.07, 6.45) is 5.87. The van der Waals surface area contributed by atoms with Gasteiger partial charge in [0.25, 0.3) is 0 Å². The Kier molecular flexibility index (Phi) is 5.41. The Morgan fingerprint density at radius 1 is 1.38 bits per heavy atom. The van der Waals surface area contributed by atoms with Crippen molar-refractivity contribution < 1.29 is 17.9 Å². The molecule has 3 heterocycles. The van der Waals surface area contributed by atoms with Crippen molar-refractivity contribution in [2.45, 2.75) is 31.7 Å². The zero-order valence-electron chi connectivity index (χ0n) is 15.7. The van der Waals surface area contributed by atoms with Crippen molar-refractivity contribution in [3.05, 3.63) is 18.0 Å². The van der Waals surface area contributed by atoms with Gasteiger partial charge in [-0.05, 0) is 30.7 Å². The third-order valence-corrected chi connectivity index (χ3v) is 6.91. The average molecular weight is 385 g/mol. The number of amides is 1. The molecular weight excluding hydrogens is 356 g/mol. The molecule has 0 N–H and O–H groups in total. The first-order valence-corrected chi connectivity index (χ1v) is 10.8. The number of likely N-dealkylation sites (tertiary alicyclic amines) is 1. The van der Waals surface area contributed by atoms with Gasteiger partial charge in [-0.3, -0.25) is 9.48 Å². The summed E-state index contributed by atoms with van der Waals surface area (Å²) in [5, 5.41) is 4.27. The molecule has 0 aliphatic carbocycles. The van der Waals surface area contributed by atoms with E-state index < -0.39 is 10.0 Å². The monoisotopic (exact) mass is 384 g/mol. The van der Waals surface area contributed by atoms with Gasteiger partial charge in [0.2, 0.25) is 15.9 Å². The van der Waals surface area contributed by atoms with Gasteiger partial charge in [-0.1, -0.05) is 0 Å². The smallest absolute Gasteiger partial charge is 0.228 e. The van der Waals surface area contributed by atoms with Crippen LogP contribution in [0.4, 0.5) is 0 Å². The SMILES string of the molecule is COC[C@H]1CC2(CCN(C(=O)Cc3ccn(C)n3)CC2)CN1S(C)(=O)=O. The molecule has 8 nitrogen and oxygen atoms in total. The van der Waals surface area contributed by atoms with Gasteiger partial charge in [-0.15, -0.1) is 0 Å². The van der Waals surface area contributed by atoms with E-state index in [4.69, 9.17) is 4.74 Å². The molecule has 0 aromatic carbocycles. The highest BCUT2D eigenvalue weighted by Gasteiger charge is 2.48. The predicted molar refractivity (Wildman–Crippen MR) is 97.0 cm³/mol. The normalized spacial score (nSPS) is 23.7. The first kappa shape index (κ1) is 19.3. The van der Waals surface area contributed by atoms with Crippen molar-refractivity contribution in [3.8, 4) is 0 Å². The molecule has 1 atom stereocenters. The number of ether oxygens (including phenoxy) is 1. The lowest BCUT2D eigenvalue weighted by Gasteiger charge is -2.39. The van der Waals surface area contributed by atoms with E-state index in [1.54, 1.807) is 16.1 Å². The molecule has 146 valence electrons. The van der Waals surface area contributed by atoms with Crippen LogP contribution in [0.25, 0.3) is 0 Å². The van der Waals surface area contributed by atoms with Gasteiger partial charge < -0.3 is 9.64 Å². The zero-order chi connectivity index (χ0) is 18.9. The van der Waals surface area contributed by atoms with Gasteiger partial charge in [0.1, 0.15) is 0 Å². The number of carbonyl (C=O) groups excluding carboxylic acids is 1. The van der Waals surface area contributed by atoms with Crippen molar-refractivity contribution >= 4 is 15.9 Å². The van der Waals surface area contributed by atoms with Crippen LogP contribution in [-0.4, -0.2) is 79.0 Å². The number of hydrogen-bond donors (Lipinski definition) is 0. The van der Waals surface area contributed by atoms with E-state index in [0.29, 0.717) is 32.7 Å². The number of piperidine rings is 1. The van der Waals surface area contributed by atoms with Crippen molar-refractivity contribution in [3.63, 3.8) is 0 Å². The van der Waals surface area contributed by atoms with Crippen LogP contribution >= 0.6 is 0 Å². The molecule has 2 aliphatic heterocycles. The van der Waals surface area contributed by atoms with Crippen LogP contribution in [0.2, 0.25) is 0 Å². The molecule has 26 heavy (non-hydrogen) atoms. The largest absolute Gasteiger partial charge is 0.383 e. The number of nitrogens with zero attached hydrogens (tertiary/aromatic N) is 4. The van der Waals surface area contributed by atoms with E-state index in [2.05, 4.69) is 5.10 Å². The second-order valence-corrected chi connectivity index (χ2v) is 9.59. The number of rotatable bonds is 5. The second-order valence-electron chi connectivity index (χ2n) is 7.66. The van der Waals surface area contributed by atoms with E-state index in [9.17, 15) is 13.2 Å². The molecule has 0 unspecified atom stereocenters. The second kappa shape index (κ2) is 7.28. The minimum absolute atomic E-state index is 0.0476.